The van der Waals surface area contributed by atoms with Crippen LogP contribution in [0.15, 0.2) is 53.5 Å². The first-order chi connectivity index (χ1) is 12.0. The monoisotopic (exact) mass is 391 g/mol. The molecule has 126 valence electrons. The third kappa shape index (κ3) is 3.71. The predicted molar refractivity (Wildman–Crippen MR) is 103 cm³/mol. The van der Waals surface area contributed by atoms with Gasteiger partial charge in [0, 0.05) is 11.2 Å². The third-order valence-electron chi connectivity index (χ3n) is 3.50. The number of benzene rings is 2. The molecule has 0 spiro atoms. The van der Waals surface area contributed by atoms with Crippen molar-refractivity contribution in [2.75, 3.05) is 4.90 Å². The van der Waals surface area contributed by atoms with E-state index in [1.807, 2.05) is 0 Å². The zero-order chi connectivity index (χ0) is 18.0. The molecule has 1 saturated heterocycles. The number of thiocarbonyl (C=S) groups is 1. The Hall–Kier alpha value is -2.28. The smallest absolute Gasteiger partial charge is 0.251 e. The van der Waals surface area contributed by atoms with E-state index >= 15 is 0 Å². The van der Waals surface area contributed by atoms with Crippen LogP contribution in [0.1, 0.15) is 0 Å². The molecule has 8 heteroatoms. The van der Waals surface area contributed by atoms with E-state index in [2.05, 4.69) is 10.3 Å². The summed E-state index contributed by atoms with van der Waals surface area (Å²) in [6.45, 7) is 0. The van der Waals surface area contributed by atoms with Crippen LogP contribution in [0.25, 0.3) is 0 Å². The molecule has 2 aromatic carbocycles. The maximum atomic E-state index is 12.8. The summed E-state index contributed by atoms with van der Waals surface area (Å²) < 4.78 is 0. The van der Waals surface area contributed by atoms with Gasteiger partial charge in [0.1, 0.15) is 0 Å². The lowest BCUT2D eigenvalue weighted by molar-refractivity contribution is -0.130. The SMILES string of the molecule is O=C1NC(=S)N(c2ccc(Cl)cc2)C(=O)[C@@H]1C=Nc1ccccc1Cl. The van der Waals surface area contributed by atoms with Crippen LogP contribution in [-0.4, -0.2) is 23.1 Å². The van der Waals surface area contributed by atoms with Crippen molar-refractivity contribution in [2.45, 2.75) is 0 Å². The minimum atomic E-state index is -1.11. The van der Waals surface area contributed by atoms with Crippen LogP contribution < -0.4 is 10.2 Å². The lowest BCUT2D eigenvalue weighted by Gasteiger charge is -2.30. The number of hydrogen-bond donors (Lipinski definition) is 1. The average Bonchev–Trinajstić information content (AvgIpc) is 2.57. The van der Waals surface area contributed by atoms with Gasteiger partial charge in [-0.1, -0.05) is 35.3 Å². The van der Waals surface area contributed by atoms with Crippen LogP contribution in [-0.2, 0) is 9.59 Å². The van der Waals surface area contributed by atoms with Gasteiger partial charge in [0.05, 0.1) is 16.4 Å². The summed E-state index contributed by atoms with van der Waals surface area (Å²) in [7, 11) is 0. The minimum absolute atomic E-state index is 0.0136. The maximum Gasteiger partial charge on any atom is 0.251 e. The molecule has 5 nitrogen and oxygen atoms in total. The van der Waals surface area contributed by atoms with Crippen LogP contribution in [0.5, 0.6) is 0 Å². The van der Waals surface area contributed by atoms with Gasteiger partial charge in [0.2, 0.25) is 5.91 Å². The molecule has 2 aromatic rings. The molecule has 25 heavy (non-hydrogen) atoms. The summed E-state index contributed by atoms with van der Waals surface area (Å²) in [5.41, 5.74) is 0.978. The Morgan fingerprint density at radius 1 is 1.08 bits per heavy atom. The van der Waals surface area contributed by atoms with Crippen LogP contribution in [0.4, 0.5) is 11.4 Å². The minimum Gasteiger partial charge on any atom is -0.301 e. The molecule has 1 aliphatic heterocycles. The number of carbonyl (C=O) groups excluding carboxylic acids is 2. The van der Waals surface area contributed by atoms with Gasteiger partial charge in [-0.25, -0.2) is 0 Å². The Bertz CT molecular complexity index is 884. The Balaban J connectivity index is 1.90. The molecule has 1 aliphatic rings. The fourth-order valence-electron chi connectivity index (χ4n) is 2.27. The molecule has 0 bridgehead atoms. The quantitative estimate of drug-likeness (QED) is 0.492. The number of amides is 2. The maximum absolute atomic E-state index is 12.8. The van der Waals surface area contributed by atoms with Gasteiger partial charge in [0.25, 0.3) is 5.91 Å². The van der Waals surface area contributed by atoms with Crippen LogP contribution in [0, 0.1) is 5.92 Å². The number of carbonyl (C=O) groups is 2. The number of hydrogen-bond acceptors (Lipinski definition) is 4. The van der Waals surface area contributed by atoms with Crippen molar-refractivity contribution in [3.63, 3.8) is 0 Å². The van der Waals surface area contributed by atoms with Crippen molar-refractivity contribution in [3.8, 4) is 0 Å². The van der Waals surface area contributed by atoms with E-state index in [4.69, 9.17) is 35.4 Å². The molecule has 0 saturated carbocycles. The van der Waals surface area contributed by atoms with E-state index in [9.17, 15) is 9.59 Å². The van der Waals surface area contributed by atoms with Crippen molar-refractivity contribution < 1.29 is 9.59 Å². The highest BCUT2D eigenvalue weighted by Gasteiger charge is 2.38. The Labute approximate surface area is 159 Å². The number of halogens is 2. The second kappa shape index (κ2) is 7.31. The molecule has 1 fully saturated rings. The lowest BCUT2D eigenvalue weighted by atomic mass is 10.1. The number of nitrogens with zero attached hydrogens (tertiary/aromatic N) is 2. The normalized spacial score (nSPS) is 17.9. The van der Waals surface area contributed by atoms with Gasteiger partial charge in [0.15, 0.2) is 11.0 Å². The highest BCUT2D eigenvalue weighted by molar-refractivity contribution is 7.80. The van der Waals surface area contributed by atoms with E-state index in [1.165, 1.54) is 11.1 Å². The lowest BCUT2D eigenvalue weighted by Crippen LogP contribution is -2.58. The molecule has 0 aromatic heterocycles. The second-order valence-electron chi connectivity index (χ2n) is 5.15. The number of anilines is 1. The van der Waals surface area contributed by atoms with Crippen LogP contribution in [0.2, 0.25) is 10.0 Å². The van der Waals surface area contributed by atoms with E-state index in [1.54, 1.807) is 48.5 Å². The Morgan fingerprint density at radius 2 is 1.76 bits per heavy atom. The van der Waals surface area contributed by atoms with E-state index in [0.29, 0.717) is 21.4 Å². The molecule has 1 N–H and O–H groups in total. The molecule has 3 rings (SSSR count). The summed E-state index contributed by atoms with van der Waals surface area (Å²) in [6, 6.07) is 13.4. The van der Waals surface area contributed by atoms with Gasteiger partial charge in [-0.15, -0.1) is 0 Å². The molecule has 1 atom stereocenters. The van der Waals surface area contributed by atoms with Gasteiger partial charge in [-0.3, -0.25) is 19.5 Å². The fraction of sp³-hybridized carbons (Fsp3) is 0.0588. The molecule has 0 aliphatic carbocycles. The van der Waals surface area contributed by atoms with Gasteiger partial charge in [-0.05, 0) is 48.6 Å². The highest BCUT2D eigenvalue weighted by Crippen LogP contribution is 2.25. The molecule has 0 unspecified atom stereocenters. The first-order valence-corrected chi connectivity index (χ1v) is 8.37. The number of nitrogens with one attached hydrogen (secondary N) is 1. The van der Waals surface area contributed by atoms with E-state index in [-0.39, 0.29) is 5.11 Å². The molecular formula is C17H11Cl2N3O2S. The summed E-state index contributed by atoms with van der Waals surface area (Å²) in [6.07, 6.45) is 1.27. The van der Waals surface area contributed by atoms with E-state index < -0.39 is 17.7 Å². The third-order valence-corrected chi connectivity index (χ3v) is 4.36. The van der Waals surface area contributed by atoms with Crippen molar-refractivity contribution in [1.82, 2.24) is 5.32 Å². The first kappa shape index (κ1) is 17.5. The van der Waals surface area contributed by atoms with Gasteiger partial charge < -0.3 is 5.32 Å². The van der Waals surface area contributed by atoms with Gasteiger partial charge in [-0.2, -0.15) is 0 Å². The van der Waals surface area contributed by atoms with Gasteiger partial charge >= 0.3 is 0 Å². The van der Waals surface area contributed by atoms with Crippen LogP contribution in [0.3, 0.4) is 0 Å². The predicted octanol–water partition coefficient (Wildman–Crippen LogP) is 3.76. The van der Waals surface area contributed by atoms with Crippen molar-refractivity contribution >= 4 is 69.9 Å². The first-order valence-electron chi connectivity index (χ1n) is 7.20. The average molecular weight is 392 g/mol. The summed E-state index contributed by atoms with van der Waals surface area (Å²) in [5.74, 6) is -2.14. The van der Waals surface area contributed by atoms with E-state index in [0.717, 1.165) is 0 Å². The largest absolute Gasteiger partial charge is 0.301 e. The Kier molecular flexibility index (Phi) is 5.13. The van der Waals surface area contributed by atoms with Crippen molar-refractivity contribution in [3.05, 3.63) is 58.6 Å². The number of aliphatic imine (C=N–C) groups is 1. The number of para-hydroxylation sites is 1. The molecule has 1 heterocycles. The molecule has 2 amide bonds. The standard InChI is InChI=1S/C17H11Cl2N3O2S/c18-10-5-7-11(8-6-10)22-16(24)12(15(23)21-17(22)25)9-20-14-4-2-1-3-13(14)19/h1-9,12H,(H,21,23,25)/t12-/m1/s1. The summed E-state index contributed by atoms with van der Waals surface area (Å²) >= 11 is 17.0. The topological polar surface area (TPSA) is 61.8 Å². The molecular weight excluding hydrogens is 381 g/mol. The van der Waals surface area contributed by atoms with Crippen LogP contribution >= 0.6 is 35.4 Å². The Morgan fingerprint density at radius 3 is 2.44 bits per heavy atom. The fourth-order valence-corrected chi connectivity index (χ4v) is 2.87. The zero-order valence-corrected chi connectivity index (χ0v) is 15.0. The number of rotatable bonds is 3. The molecule has 0 radical (unpaired) electrons. The second-order valence-corrected chi connectivity index (χ2v) is 6.38. The zero-order valence-electron chi connectivity index (χ0n) is 12.6. The summed E-state index contributed by atoms with van der Waals surface area (Å²) in [5, 5.41) is 3.48. The summed E-state index contributed by atoms with van der Waals surface area (Å²) in [4.78, 5) is 30.3. The highest BCUT2D eigenvalue weighted by atomic mass is 35.5. The van der Waals surface area contributed by atoms with Crippen molar-refractivity contribution in [1.29, 1.82) is 0 Å². The van der Waals surface area contributed by atoms with Crippen molar-refractivity contribution in [2.24, 2.45) is 10.9 Å².